The highest BCUT2D eigenvalue weighted by Gasteiger charge is 2.45. The van der Waals surface area contributed by atoms with Crippen LogP contribution in [0.1, 0.15) is 33.3 Å². The van der Waals surface area contributed by atoms with Gasteiger partial charge in [0.2, 0.25) is 5.78 Å². The number of halogens is 1. The zero-order valence-electron chi connectivity index (χ0n) is 18.0. The first-order chi connectivity index (χ1) is 15.8. The molecular formula is C27H20BrNO4. The Balaban J connectivity index is 1.68. The number of carbonyl (C=O) groups excluding carboxylic acids is 2. The second-order valence-corrected chi connectivity index (χ2v) is 9.08. The number of hydrogen-bond donors (Lipinski definition) is 1. The smallest absolute Gasteiger partial charge is 0.294 e. The first-order valence-electron chi connectivity index (χ1n) is 10.5. The maximum absolute atomic E-state index is 13.7. The Hall–Kier alpha value is -3.64. The van der Waals surface area contributed by atoms with Gasteiger partial charge in [0, 0.05) is 15.5 Å². The van der Waals surface area contributed by atoms with E-state index < -0.39 is 23.5 Å². The van der Waals surface area contributed by atoms with Crippen molar-refractivity contribution in [2.75, 3.05) is 4.90 Å². The molecule has 33 heavy (non-hydrogen) atoms. The van der Waals surface area contributed by atoms with Crippen LogP contribution >= 0.6 is 15.9 Å². The predicted molar refractivity (Wildman–Crippen MR) is 130 cm³/mol. The molecule has 5 rings (SSSR count). The monoisotopic (exact) mass is 501 g/mol. The molecule has 1 aromatic heterocycles. The molecular weight excluding hydrogens is 482 g/mol. The molecule has 1 atom stereocenters. The van der Waals surface area contributed by atoms with Crippen LogP contribution in [0.5, 0.6) is 0 Å². The van der Waals surface area contributed by atoms with Gasteiger partial charge in [0.25, 0.3) is 5.91 Å². The molecule has 3 aromatic carbocycles. The van der Waals surface area contributed by atoms with Gasteiger partial charge in [0.05, 0.1) is 11.6 Å². The number of rotatable bonds is 4. The number of hydrogen-bond acceptors (Lipinski definition) is 4. The number of aryl methyl sites for hydroxylation is 2. The largest absolute Gasteiger partial charge is 0.503 e. The van der Waals surface area contributed by atoms with Crippen LogP contribution in [0.4, 0.5) is 5.69 Å². The van der Waals surface area contributed by atoms with Crippen molar-refractivity contribution < 1.29 is 19.1 Å². The average Bonchev–Trinajstić information content (AvgIpc) is 3.34. The van der Waals surface area contributed by atoms with Crippen LogP contribution in [0.25, 0.3) is 11.0 Å². The third kappa shape index (κ3) is 3.56. The molecule has 0 saturated carbocycles. The van der Waals surface area contributed by atoms with E-state index in [0.29, 0.717) is 11.3 Å². The van der Waals surface area contributed by atoms with E-state index in [1.54, 1.807) is 12.1 Å². The Bertz CT molecular complexity index is 1450. The normalized spacial score (nSPS) is 16.2. The summed E-state index contributed by atoms with van der Waals surface area (Å²) in [5.74, 6) is -1.62. The first-order valence-corrected chi connectivity index (χ1v) is 11.3. The number of aliphatic hydroxyl groups is 1. The summed E-state index contributed by atoms with van der Waals surface area (Å²) in [6.45, 7) is 3.84. The Kier molecular flexibility index (Phi) is 5.17. The maximum atomic E-state index is 13.7. The van der Waals surface area contributed by atoms with Crippen LogP contribution in [0.3, 0.4) is 0 Å². The minimum Gasteiger partial charge on any atom is -0.503 e. The lowest BCUT2D eigenvalue weighted by atomic mass is 9.94. The van der Waals surface area contributed by atoms with Crippen molar-refractivity contribution >= 4 is 44.3 Å². The van der Waals surface area contributed by atoms with Gasteiger partial charge in [-0.1, -0.05) is 58.4 Å². The fraction of sp³-hybridized carbons (Fsp3) is 0.111. The van der Waals surface area contributed by atoms with Gasteiger partial charge in [-0.2, -0.15) is 0 Å². The molecule has 0 saturated heterocycles. The molecule has 1 amide bonds. The Morgan fingerprint density at radius 2 is 1.76 bits per heavy atom. The van der Waals surface area contributed by atoms with Crippen molar-refractivity contribution in [3.8, 4) is 0 Å². The summed E-state index contributed by atoms with van der Waals surface area (Å²) in [6.07, 6.45) is 0. The molecule has 1 unspecified atom stereocenters. The third-order valence-corrected chi connectivity index (χ3v) is 6.39. The van der Waals surface area contributed by atoms with Crippen molar-refractivity contribution in [3.05, 3.63) is 111 Å². The fourth-order valence-electron chi connectivity index (χ4n) is 4.27. The van der Waals surface area contributed by atoms with Crippen LogP contribution in [-0.4, -0.2) is 16.8 Å². The molecule has 1 N–H and O–H groups in total. The number of benzene rings is 3. The molecule has 2 heterocycles. The lowest BCUT2D eigenvalue weighted by molar-refractivity contribution is -0.117. The molecule has 1 aliphatic heterocycles. The van der Waals surface area contributed by atoms with E-state index in [9.17, 15) is 14.7 Å². The number of carbonyl (C=O) groups is 2. The lowest BCUT2D eigenvalue weighted by Crippen LogP contribution is -2.31. The quantitative estimate of drug-likeness (QED) is 0.320. The lowest BCUT2D eigenvalue weighted by Gasteiger charge is -2.28. The first kappa shape index (κ1) is 21.2. The van der Waals surface area contributed by atoms with Gasteiger partial charge in [-0.25, -0.2) is 0 Å². The van der Waals surface area contributed by atoms with Gasteiger partial charge in [0.15, 0.2) is 11.5 Å². The summed E-state index contributed by atoms with van der Waals surface area (Å²) >= 11 is 3.42. The van der Waals surface area contributed by atoms with E-state index in [1.807, 2.05) is 74.5 Å². The van der Waals surface area contributed by atoms with Crippen LogP contribution in [0, 0.1) is 13.8 Å². The van der Waals surface area contributed by atoms with Gasteiger partial charge in [-0.3, -0.25) is 14.5 Å². The number of Topliss-reactive ketones (excluding diaryl/α,β-unsaturated/α-hetero) is 1. The van der Waals surface area contributed by atoms with Crippen molar-refractivity contribution in [2.45, 2.75) is 19.9 Å². The molecule has 0 aliphatic carbocycles. The number of amides is 1. The van der Waals surface area contributed by atoms with Crippen LogP contribution in [0.15, 0.2) is 93.0 Å². The van der Waals surface area contributed by atoms with Crippen molar-refractivity contribution in [1.82, 2.24) is 0 Å². The Labute approximate surface area is 199 Å². The third-order valence-electron chi connectivity index (χ3n) is 5.89. The van der Waals surface area contributed by atoms with Gasteiger partial charge in [0.1, 0.15) is 5.58 Å². The van der Waals surface area contributed by atoms with E-state index in [4.69, 9.17) is 4.42 Å². The Morgan fingerprint density at radius 1 is 1.00 bits per heavy atom. The topological polar surface area (TPSA) is 70.8 Å². The van der Waals surface area contributed by atoms with Gasteiger partial charge in [-0.15, -0.1) is 0 Å². The maximum Gasteiger partial charge on any atom is 0.294 e. The number of anilines is 1. The molecule has 1 aliphatic rings. The summed E-state index contributed by atoms with van der Waals surface area (Å²) in [6, 6.07) is 21.3. The van der Waals surface area contributed by atoms with E-state index in [-0.39, 0.29) is 11.3 Å². The molecule has 0 fully saturated rings. The number of ketones is 1. The van der Waals surface area contributed by atoms with Crippen molar-refractivity contribution in [3.63, 3.8) is 0 Å². The molecule has 0 radical (unpaired) electrons. The van der Waals surface area contributed by atoms with Gasteiger partial charge >= 0.3 is 0 Å². The zero-order chi connectivity index (χ0) is 23.3. The molecule has 6 heteroatoms. The number of nitrogens with zero attached hydrogens (tertiary/aromatic N) is 1. The summed E-state index contributed by atoms with van der Waals surface area (Å²) < 4.78 is 6.66. The number of furan rings is 1. The van der Waals surface area contributed by atoms with E-state index in [0.717, 1.165) is 26.5 Å². The average molecular weight is 502 g/mol. The summed E-state index contributed by atoms with van der Waals surface area (Å²) in [4.78, 5) is 28.5. The number of fused-ring (bicyclic) bond motifs is 1. The predicted octanol–water partition coefficient (Wildman–Crippen LogP) is 6.60. The minimum atomic E-state index is -0.786. The SMILES string of the molecule is Cc1ccc(C)c(N2C(=O)C(O)=C(C(=O)c3cc4cc(Br)ccc4o3)C2c2ccccc2)c1. The molecule has 4 aromatic rings. The van der Waals surface area contributed by atoms with Crippen LogP contribution in [-0.2, 0) is 4.79 Å². The van der Waals surface area contributed by atoms with Crippen LogP contribution in [0.2, 0.25) is 0 Å². The standard InChI is InChI=1S/C27H20BrNO4/c1-15-8-9-16(2)20(12-15)29-24(17-6-4-3-5-7-17)23(26(31)27(29)32)25(30)22-14-18-13-19(28)10-11-21(18)33-22/h3-14,24,31H,1-2H3. The highest BCUT2D eigenvalue weighted by atomic mass is 79.9. The van der Waals surface area contributed by atoms with Crippen molar-refractivity contribution in [2.24, 2.45) is 0 Å². The van der Waals surface area contributed by atoms with Crippen LogP contribution < -0.4 is 4.90 Å². The minimum absolute atomic E-state index is 0.00484. The van der Waals surface area contributed by atoms with Gasteiger partial charge in [-0.05, 0) is 60.9 Å². The highest BCUT2D eigenvalue weighted by Crippen LogP contribution is 2.43. The number of aliphatic hydroxyl groups excluding tert-OH is 1. The molecule has 5 nitrogen and oxygen atoms in total. The summed E-state index contributed by atoms with van der Waals surface area (Å²) in [5, 5.41) is 11.7. The summed E-state index contributed by atoms with van der Waals surface area (Å²) in [5.41, 5.74) is 3.76. The molecule has 0 bridgehead atoms. The second kappa shape index (κ2) is 8.05. The van der Waals surface area contributed by atoms with E-state index in [1.165, 1.54) is 4.90 Å². The van der Waals surface area contributed by atoms with Gasteiger partial charge < -0.3 is 9.52 Å². The van der Waals surface area contributed by atoms with E-state index >= 15 is 0 Å². The zero-order valence-corrected chi connectivity index (χ0v) is 19.6. The summed E-state index contributed by atoms with van der Waals surface area (Å²) in [7, 11) is 0. The van der Waals surface area contributed by atoms with Crippen molar-refractivity contribution in [1.29, 1.82) is 0 Å². The second-order valence-electron chi connectivity index (χ2n) is 8.16. The highest BCUT2D eigenvalue weighted by molar-refractivity contribution is 9.10. The Morgan fingerprint density at radius 3 is 2.52 bits per heavy atom. The fourth-order valence-corrected chi connectivity index (χ4v) is 4.65. The molecule has 164 valence electrons. The van der Waals surface area contributed by atoms with E-state index in [2.05, 4.69) is 15.9 Å². The molecule has 0 spiro atoms.